The van der Waals surface area contributed by atoms with Gasteiger partial charge < -0.3 is 9.57 Å². The fourth-order valence-corrected chi connectivity index (χ4v) is 1.37. The number of hydrogen-bond donors (Lipinski definition) is 0. The maximum atomic E-state index is 5.85. The van der Waals surface area contributed by atoms with Crippen LogP contribution in [0.3, 0.4) is 0 Å². The van der Waals surface area contributed by atoms with Crippen molar-refractivity contribution in [1.82, 2.24) is 5.06 Å². The molecule has 1 unspecified atom stereocenters. The molecule has 80 valence electrons. The lowest BCUT2D eigenvalue weighted by molar-refractivity contribution is -0.0326. The number of alkyl halides is 1. The standard InChI is InChI=1S/C10H11ClN2O2/c1-13-10(11)12-9(15-13)7-3-5-8(14-2)6-4-7/h3-6,10H,1-2H3. The Morgan fingerprint density at radius 2 is 2.07 bits per heavy atom. The molecule has 4 nitrogen and oxygen atoms in total. The summed E-state index contributed by atoms with van der Waals surface area (Å²) in [4.78, 5) is 9.48. The van der Waals surface area contributed by atoms with Crippen LogP contribution in [-0.4, -0.2) is 30.7 Å². The average molecular weight is 227 g/mol. The number of aliphatic imine (C=N–C) groups is 1. The van der Waals surface area contributed by atoms with Crippen molar-refractivity contribution in [3.63, 3.8) is 0 Å². The van der Waals surface area contributed by atoms with Crippen LogP contribution in [0, 0.1) is 0 Å². The van der Waals surface area contributed by atoms with Crippen LogP contribution in [-0.2, 0) is 4.84 Å². The number of benzene rings is 1. The van der Waals surface area contributed by atoms with Gasteiger partial charge in [-0.15, -0.1) is 5.06 Å². The normalized spacial score (nSPS) is 21.0. The number of hydrogen-bond acceptors (Lipinski definition) is 4. The molecule has 0 aliphatic carbocycles. The Bertz CT molecular complexity index is 378. The van der Waals surface area contributed by atoms with E-state index in [0.717, 1.165) is 11.3 Å². The number of rotatable bonds is 2. The Kier molecular flexibility index (Phi) is 2.79. The minimum absolute atomic E-state index is 0.456. The van der Waals surface area contributed by atoms with Gasteiger partial charge >= 0.3 is 0 Å². The second kappa shape index (κ2) is 4.08. The van der Waals surface area contributed by atoms with Gasteiger partial charge in [0.2, 0.25) is 11.5 Å². The highest BCUT2D eigenvalue weighted by Crippen LogP contribution is 2.19. The molecule has 5 heteroatoms. The molecule has 0 aromatic heterocycles. The first-order valence-electron chi connectivity index (χ1n) is 4.48. The van der Waals surface area contributed by atoms with Gasteiger partial charge in [0.05, 0.1) is 7.11 Å². The van der Waals surface area contributed by atoms with E-state index >= 15 is 0 Å². The quantitative estimate of drug-likeness (QED) is 0.570. The van der Waals surface area contributed by atoms with Crippen LogP contribution in [0.2, 0.25) is 0 Å². The summed E-state index contributed by atoms with van der Waals surface area (Å²) < 4.78 is 5.06. The monoisotopic (exact) mass is 226 g/mol. The van der Waals surface area contributed by atoms with Gasteiger partial charge in [-0.2, -0.15) is 0 Å². The van der Waals surface area contributed by atoms with Gasteiger partial charge in [-0.1, -0.05) is 11.6 Å². The highest BCUT2D eigenvalue weighted by Gasteiger charge is 2.23. The van der Waals surface area contributed by atoms with E-state index in [1.807, 2.05) is 24.3 Å². The van der Waals surface area contributed by atoms with E-state index in [1.54, 1.807) is 14.2 Å². The fourth-order valence-electron chi connectivity index (χ4n) is 1.24. The van der Waals surface area contributed by atoms with Crippen LogP contribution >= 0.6 is 11.6 Å². The van der Waals surface area contributed by atoms with Crippen LogP contribution in [0.25, 0.3) is 0 Å². The largest absolute Gasteiger partial charge is 0.497 e. The van der Waals surface area contributed by atoms with Crippen molar-refractivity contribution in [2.45, 2.75) is 5.62 Å². The maximum Gasteiger partial charge on any atom is 0.243 e. The summed E-state index contributed by atoms with van der Waals surface area (Å²) in [6.07, 6.45) is 0. The van der Waals surface area contributed by atoms with Crippen molar-refractivity contribution < 1.29 is 9.57 Å². The smallest absolute Gasteiger partial charge is 0.243 e. The molecule has 0 radical (unpaired) electrons. The Labute approximate surface area is 93.0 Å². The first-order valence-corrected chi connectivity index (χ1v) is 4.91. The number of methoxy groups -OCH3 is 1. The molecule has 0 fully saturated rings. The Morgan fingerprint density at radius 3 is 2.53 bits per heavy atom. The van der Waals surface area contributed by atoms with Crippen LogP contribution in [0.1, 0.15) is 5.56 Å². The lowest BCUT2D eigenvalue weighted by Crippen LogP contribution is -2.20. The van der Waals surface area contributed by atoms with Crippen LogP contribution < -0.4 is 4.74 Å². The summed E-state index contributed by atoms with van der Waals surface area (Å²) in [5.74, 6) is 1.33. The molecule has 2 rings (SSSR count). The van der Waals surface area contributed by atoms with Gasteiger partial charge in [0.1, 0.15) is 5.75 Å². The number of ether oxygens (including phenoxy) is 1. The van der Waals surface area contributed by atoms with Crippen LogP contribution in [0.4, 0.5) is 0 Å². The molecule has 1 atom stereocenters. The molecule has 0 spiro atoms. The molecule has 0 bridgehead atoms. The van der Waals surface area contributed by atoms with Crippen LogP contribution in [0.5, 0.6) is 5.75 Å². The summed E-state index contributed by atoms with van der Waals surface area (Å²) >= 11 is 5.85. The first kappa shape index (κ1) is 10.3. The van der Waals surface area contributed by atoms with Crippen molar-refractivity contribution in [3.05, 3.63) is 29.8 Å². The summed E-state index contributed by atoms with van der Waals surface area (Å²) in [7, 11) is 3.36. The summed E-state index contributed by atoms with van der Waals surface area (Å²) in [6, 6.07) is 7.45. The third-order valence-electron chi connectivity index (χ3n) is 2.09. The topological polar surface area (TPSA) is 34.1 Å². The Hall–Kier alpha value is -1.26. The molecule has 1 aliphatic heterocycles. The third kappa shape index (κ3) is 2.06. The molecule has 0 N–H and O–H groups in total. The molecule has 1 heterocycles. The molecule has 15 heavy (non-hydrogen) atoms. The molecule has 1 aromatic carbocycles. The van der Waals surface area contributed by atoms with Crippen molar-refractivity contribution in [2.75, 3.05) is 14.2 Å². The molecule has 1 aliphatic rings. The van der Waals surface area contributed by atoms with Crippen molar-refractivity contribution in [1.29, 1.82) is 0 Å². The van der Waals surface area contributed by atoms with Gasteiger partial charge in [0.25, 0.3) is 0 Å². The molecular weight excluding hydrogens is 216 g/mol. The predicted octanol–water partition coefficient (Wildman–Crippen LogP) is 1.84. The van der Waals surface area contributed by atoms with Gasteiger partial charge in [-0.3, -0.25) is 0 Å². The minimum atomic E-state index is -0.456. The Morgan fingerprint density at radius 1 is 1.40 bits per heavy atom. The molecule has 0 amide bonds. The van der Waals surface area contributed by atoms with E-state index in [2.05, 4.69) is 4.99 Å². The van der Waals surface area contributed by atoms with E-state index in [1.165, 1.54) is 5.06 Å². The van der Waals surface area contributed by atoms with Gasteiger partial charge in [0, 0.05) is 12.6 Å². The number of halogens is 1. The van der Waals surface area contributed by atoms with E-state index in [-0.39, 0.29) is 0 Å². The summed E-state index contributed by atoms with van der Waals surface area (Å²) in [5.41, 5.74) is 0.424. The molecule has 0 saturated carbocycles. The zero-order valence-corrected chi connectivity index (χ0v) is 9.23. The van der Waals surface area contributed by atoms with E-state index in [0.29, 0.717) is 5.90 Å². The van der Waals surface area contributed by atoms with E-state index in [4.69, 9.17) is 21.2 Å². The zero-order chi connectivity index (χ0) is 10.8. The lowest BCUT2D eigenvalue weighted by Gasteiger charge is -2.09. The lowest BCUT2D eigenvalue weighted by atomic mass is 10.2. The maximum absolute atomic E-state index is 5.85. The Balaban J connectivity index is 2.20. The molecule has 0 saturated heterocycles. The van der Waals surface area contributed by atoms with Gasteiger partial charge in [0.15, 0.2) is 0 Å². The molecule has 1 aromatic rings. The second-order valence-electron chi connectivity index (χ2n) is 3.11. The molecular formula is C10H11ClN2O2. The number of hydroxylamine groups is 2. The fraction of sp³-hybridized carbons (Fsp3) is 0.300. The summed E-state index contributed by atoms with van der Waals surface area (Å²) in [6.45, 7) is 0. The van der Waals surface area contributed by atoms with Gasteiger partial charge in [-0.25, -0.2) is 4.99 Å². The van der Waals surface area contributed by atoms with Crippen molar-refractivity contribution in [3.8, 4) is 5.75 Å². The first-order chi connectivity index (χ1) is 7.20. The van der Waals surface area contributed by atoms with Crippen molar-refractivity contribution >= 4 is 17.5 Å². The van der Waals surface area contributed by atoms with E-state index in [9.17, 15) is 0 Å². The SMILES string of the molecule is COc1ccc(C2=NC(Cl)N(C)O2)cc1. The highest BCUT2D eigenvalue weighted by atomic mass is 35.5. The van der Waals surface area contributed by atoms with Gasteiger partial charge in [-0.05, 0) is 24.3 Å². The minimum Gasteiger partial charge on any atom is -0.497 e. The second-order valence-corrected chi connectivity index (χ2v) is 3.50. The highest BCUT2D eigenvalue weighted by molar-refractivity contribution is 6.21. The van der Waals surface area contributed by atoms with Crippen molar-refractivity contribution in [2.24, 2.45) is 4.99 Å². The van der Waals surface area contributed by atoms with E-state index < -0.39 is 5.62 Å². The third-order valence-corrected chi connectivity index (χ3v) is 2.46. The zero-order valence-electron chi connectivity index (χ0n) is 8.48. The average Bonchev–Trinajstić information content (AvgIpc) is 2.59. The predicted molar refractivity (Wildman–Crippen MR) is 58.0 cm³/mol. The number of nitrogens with zero attached hydrogens (tertiary/aromatic N) is 2. The summed E-state index contributed by atoms with van der Waals surface area (Å²) in [5, 5.41) is 1.49. The van der Waals surface area contributed by atoms with Crippen LogP contribution in [0.15, 0.2) is 29.3 Å².